The molecule has 0 spiro atoms. The van der Waals surface area contributed by atoms with E-state index in [4.69, 9.17) is 4.42 Å². The Hall–Kier alpha value is -2.56. The third-order valence-electron chi connectivity index (χ3n) is 5.17. The van der Waals surface area contributed by atoms with Crippen molar-refractivity contribution in [1.82, 2.24) is 9.78 Å². The van der Waals surface area contributed by atoms with Gasteiger partial charge < -0.3 is 9.73 Å². The molecule has 1 aromatic carbocycles. The maximum Gasteiger partial charge on any atom is 0.230 e. The number of fused-ring (bicyclic) bond motifs is 2. The molecular formula is C20H23N3O2. The van der Waals surface area contributed by atoms with Crippen LogP contribution in [0.15, 0.2) is 35.1 Å². The number of hydrogen-bond acceptors (Lipinski definition) is 3. The van der Waals surface area contributed by atoms with Gasteiger partial charge in [0.2, 0.25) is 5.91 Å². The number of nitrogens with one attached hydrogen (secondary N) is 1. The standard InChI is InChI=1S/C20H23N3O2/c1-3-13(2)23-19(7-8-21-23)22-20(24)11-16-12-25-18-10-15-6-4-5-14(15)9-17(16)18/h7-10,12-13H,3-6,11H2,1-2H3,(H,22,24). The number of carbonyl (C=O) groups excluding carboxylic acids is 1. The van der Waals surface area contributed by atoms with Crippen molar-refractivity contribution in [3.63, 3.8) is 0 Å². The summed E-state index contributed by atoms with van der Waals surface area (Å²) in [6, 6.07) is 6.43. The van der Waals surface area contributed by atoms with Crippen LogP contribution in [0.3, 0.4) is 0 Å². The number of furan rings is 1. The highest BCUT2D eigenvalue weighted by Gasteiger charge is 2.17. The molecule has 4 rings (SSSR count). The fourth-order valence-electron chi connectivity index (χ4n) is 3.58. The van der Waals surface area contributed by atoms with Crippen LogP contribution < -0.4 is 5.32 Å². The van der Waals surface area contributed by atoms with Gasteiger partial charge in [0, 0.05) is 17.0 Å². The molecule has 0 saturated carbocycles. The summed E-state index contributed by atoms with van der Waals surface area (Å²) >= 11 is 0. The zero-order valence-corrected chi connectivity index (χ0v) is 14.7. The van der Waals surface area contributed by atoms with E-state index in [1.165, 1.54) is 17.5 Å². The number of carbonyl (C=O) groups is 1. The first kappa shape index (κ1) is 15.9. The summed E-state index contributed by atoms with van der Waals surface area (Å²) in [5.41, 5.74) is 4.60. The summed E-state index contributed by atoms with van der Waals surface area (Å²) < 4.78 is 7.55. The van der Waals surface area contributed by atoms with Gasteiger partial charge in [0.15, 0.2) is 0 Å². The second kappa shape index (κ2) is 6.39. The number of nitrogens with zero attached hydrogens (tertiary/aromatic N) is 2. The van der Waals surface area contributed by atoms with E-state index < -0.39 is 0 Å². The van der Waals surface area contributed by atoms with Crippen LogP contribution in [0.5, 0.6) is 0 Å². The van der Waals surface area contributed by atoms with Crippen molar-refractivity contribution in [2.75, 3.05) is 5.32 Å². The molecule has 0 aliphatic heterocycles. The molecule has 1 aliphatic carbocycles. The minimum Gasteiger partial charge on any atom is -0.464 e. The molecule has 0 bridgehead atoms. The summed E-state index contributed by atoms with van der Waals surface area (Å²) in [5, 5.41) is 8.35. The van der Waals surface area contributed by atoms with Crippen molar-refractivity contribution in [3.05, 3.63) is 47.3 Å². The minimum atomic E-state index is -0.0479. The molecule has 1 unspecified atom stereocenters. The molecule has 0 saturated heterocycles. The molecule has 1 aliphatic rings. The molecule has 1 N–H and O–H groups in total. The van der Waals surface area contributed by atoms with E-state index in [2.05, 4.69) is 36.4 Å². The van der Waals surface area contributed by atoms with Crippen molar-refractivity contribution >= 4 is 22.7 Å². The smallest absolute Gasteiger partial charge is 0.230 e. The van der Waals surface area contributed by atoms with E-state index >= 15 is 0 Å². The summed E-state index contributed by atoms with van der Waals surface area (Å²) in [6.07, 6.45) is 8.15. The number of rotatable bonds is 5. The van der Waals surface area contributed by atoms with Gasteiger partial charge in [0.05, 0.1) is 24.9 Å². The van der Waals surface area contributed by atoms with Crippen LogP contribution in [0.25, 0.3) is 11.0 Å². The molecule has 3 aromatic rings. The summed E-state index contributed by atoms with van der Waals surface area (Å²) in [4.78, 5) is 12.5. The molecule has 25 heavy (non-hydrogen) atoms. The molecule has 1 amide bonds. The van der Waals surface area contributed by atoms with E-state index in [1.54, 1.807) is 12.5 Å². The van der Waals surface area contributed by atoms with Crippen LogP contribution in [-0.4, -0.2) is 15.7 Å². The second-order valence-corrected chi connectivity index (χ2v) is 6.87. The molecule has 5 heteroatoms. The maximum atomic E-state index is 12.5. The van der Waals surface area contributed by atoms with Gasteiger partial charge in [-0.05, 0) is 55.9 Å². The Balaban J connectivity index is 1.54. The van der Waals surface area contributed by atoms with Gasteiger partial charge in [-0.2, -0.15) is 5.10 Å². The molecule has 0 fully saturated rings. The SMILES string of the molecule is CCC(C)n1nccc1NC(=O)Cc1coc2cc3c(cc12)CCC3. The average molecular weight is 337 g/mol. The topological polar surface area (TPSA) is 60.1 Å². The lowest BCUT2D eigenvalue weighted by atomic mass is 10.0. The number of benzene rings is 1. The Labute approximate surface area is 147 Å². The number of hydrogen-bond donors (Lipinski definition) is 1. The highest BCUT2D eigenvalue weighted by molar-refractivity contribution is 5.95. The predicted octanol–water partition coefficient (Wildman–Crippen LogP) is 4.27. The molecule has 130 valence electrons. The summed E-state index contributed by atoms with van der Waals surface area (Å²) in [6.45, 7) is 4.20. The molecule has 0 radical (unpaired) electrons. The molecular weight excluding hydrogens is 314 g/mol. The van der Waals surface area contributed by atoms with Crippen molar-refractivity contribution in [2.45, 2.75) is 52.0 Å². The Morgan fingerprint density at radius 2 is 2.16 bits per heavy atom. The minimum absolute atomic E-state index is 0.0479. The molecule has 2 aromatic heterocycles. The Morgan fingerprint density at radius 1 is 1.36 bits per heavy atom. The van der Waals surface area contributed by atoms with Gasteiger partial charge in [-0.25, -0.2) is 4.68 Å². The number of anilines is 1. The van der Waals surface area contributed by atoms with Crippen LogP contribution in [-0.2, 0) is 24.1 Å². The first-order valence-corrected chi connectivity index (χ1v) is 9.01. The third-order valence-corrected chi connectivity index (χ3v) is 5.17. The summed E-state index contributed by atoms with van der Waals surface area (Å²) in [5.74, 6) is 0.696. The Kier molecular flexibility index (Phi) is 4.07. The van der Waals surface area contributed by atoms with E-state index in [-0.39, 0.29) is 11.9 Å². The normalized spacial score (nSPS) is 14.6. The average Bonchev–Trinajstić information content (AvgIpc) is 3.32. The van der Waals surface area contributed by atoms with Gasteiger partial charge in [-0.15, -0.1) is 0 Å². The second-order valence-electron chi connectivity index (χ2n) is 6.87. The van der Waals surface area contributed by atoms with Crippen LogP contribution in [0.4, 0.5) is 5.82 Å². The van der Waals surface area contributed by atoms with Crippen molar-refractivity contribution in [1.29, 1.82) is 0 Å². The first-order chi connectivity index (χ1) is 12.2. The van der Waals surface area contributed by atoms with E-state index in [9.17, 15) is 4.79 Å². The molecule has 5 nitrogen and oxygen atoms in total. The quantitative estimate of drug-likeness (QED) is 0.756. The number of aryl methyl sites for hydroxylation is 2. The Morgan fingerprint density at radius 3 is 2.96 bits per heavy atom. The monoisotopic (exact) mass is 337 g/mol. The maximum absolute atomic E-state index is 12.5. The number of aromatic nitrogens is 2. The van der Waals surface area contributed by atoms with E-state index in [1.807, 2.05) is 10.7 Å². The van der Waals surface area contributed by atoms with Gasteiger partial charge in [0.25, 0.3) is 0 Å². The fraction of sp³-hybridized carbons (Fsp3) is 0.400. The highest BCUT2D eigenvalue weighted by atomic mass is 16.3. The van der Waals surface area contributed by atoms with Gasteiger partial charge in [0.1, 0.15) is 11.4 Å². The lowest BCUT2D eigenvalue weighted by Gasteiger charge is -2.14. The van der Waals surface area contributed by atoms with Crippen LogP contribution in [0.1, 0.15) is 49.4 Å². The predicted molar refractivity (Wildman–Crippen MR) is 97.8 cm³/mol. The summed E-state index contributed by atoms with van der Waals surface area (Å²) in [7, 11) is 0. The van der Waals surface area contributed by atoms with Gasteiger partial charge in [-0.3, -0.25) is 4.79 Å². The lowest BCUT2D eigenvalue weighted by Crippen LogP contribution is -2.18. The number of amides is 1. The van der Waals surface area contributed by atoms with Crippen LogP contribution >= 0.6 is 0 Å². The third kappa shape index (κ3) is 2.95. The van der Waals surface area contributed by atoms with Gasteiger partial charge >= 0.3 is 0 Å². The fourth-order valence-corrected chi connectivity index (χ4v) is 3.58. The van der Waals surface area contributed by atoms with Crippen molar-refractivity contribution in [3.8, 4) is 0 Å². The molecule has 1 atom stereocenters. The van der Waals surface area contributed by atoms with E-state index in [0.29, 0.717) is 6.42 Å². The molecule has 2 heterocycles. The van der Waals surface area contributed by atoms with Crippen LogP contribution in [0, 0.1) is 0 Å². The van der Waals surface area contributed by atoms with E-state index in [0.717, 1.165) is 41.6 Å². The zero-order valence-electron chi connectivity index (χ0n) is 14.7. The van der Waals surface area contributed by atoms with Crippen LogP contribution in [0.2, 0.25) is 0 Å². The Bertz CT molecular complexity index is 922. The largest absolute Gasteiger partial charge is 0.464 e. The van der Waals surface area contributed by atoms with Crippen molar-refractivity contribution < 1.29 is 9.21 Å². The highest BCUT2D eigenvalue weighted by Crippen LogP contribution is 2.30. The van der Waals surface area contributed by atoms with Crippen molar-refractivity contribution in [2.24, 2.45) is 0 Å². The zero-order chi connectivity index (χ0) is 17.4. The first-order valence-electron chi connectivity index (χ1n) is 9.01. The van der Waals surface area contributed by atoms with Gasteiger partial charge in [-0.1, -0.05) is 6.92 Å². The lowest BCUT2D eigenvalue weighted by molar-refractivity contribution is -0.115.